The van der Waals surface area contributed by atoms with Gasteiger partial charge in [0, 0.05) is 18.0 Å². The van der Waals surface area contributed by atoms with Gasteiger partial charge in [-0.2, -0.15) is 5.10 Å². The predicted molar refractivity (Wildman–Crippen MR) is 55.5 cm³/mol. The lowest BCUT2D eigenvalue weighted by Crippen LogP contribution is -1.94. The summed E-state index contributed by atoms with van der Waals surface area (Å²) in [6, 6.07) is 7.96. The first-order valence-electron chi connectivity index (χ1n) is 4.56. The maximum absolute atomic E-state index is 12.6. The molecule has 1 aromatic carbocycles. The van der Waals surface area contributed by atoms with Crippen LogP contribution in [0.15, 0.2) is 42.7 Å². The molecule has 0 fully saturated rings. The van der Waals surface area contributed by atoms with Crippen molar-refractivity contribution in [3.8, 4) is 11.8 Å². The molecule has 1 aromatic heterocycles. The van der Waals surface area contributed by atoms with Crippen molar-refractivity contribution in [1.82, 2.24) is 9.78 Å². The van der Waals surface area contributed by atoms with Gasteiger partial charge < -0.3 is 0 Å². The van der Waals surface area contributed by atoms with Gasteiger partial charge >= 0.3 is 0 Å². The van der Waals surface area contributed by atoms with Gasteiger partial charge in [0.1, 0.15) is 12.4 Å². The Bertz CT molecular complexity index is 475. The Kier molecular flexibility index (Phi) is 2.80. The predicted octanol–water partition coefficient (Wildman–Crippen LogP) is 2.07. The monoisotopic (exact) mass is 200 g/mol. The number of hydrogen-bond donors (Lipinski definition) is 0. The average Bonchev–Trinajstić information content (AvgIpc) is 2.74. The van der Waals surface area contributed by atoms with E-state index in [2.05, 4.69) is 16.9 Å². The highest BCUT2D eigenvalue weighted by atomic mass is 19.1. The maximum atomic E-state index is 12.6. The van der Waals surface area contributed by atoms with Crippen LogP contribution in [0.4, 0.5) is 4.39 Å². The lowest BCUT2D eigenvalue weighted by molar-refractivity contribution is 0.627. The Balaban J connectivity index is 2.03. The lowest BCUT2D eigenvalue weighted by atomic mass is 10.2. The lowest BCUT2D eigenvalue weighted by Gasteiger charge is -1.91. The van der Waals surface area contributed by atoms with E-state index in [9.17, 15) is 4.39 Å². The van der Waals surface area contributed by atoms with E-state index in [0.29, 0.717) is 6.54 Å². The first-order chi connectivity index (χ1) is 7.34. The summed E-state index contributed by atoms with van der Waals surface area (Å²) in [5.74, 6) is 5.64. The summed E-state index contributed by atoms with van der Waals surface area (Å²) in [4.78, 5) is 0. The zero-order valence-electron chi connectivity index (χ0n) is 8.02. The molecule has 0 aliphatic rings. The molecule has 0 spiro atoms. The zero-order valence-corrected chi connectivity index (χ0v) is 8.02. The van der Waals surface area contributed by atoms with Crippen molar-refractivity contribution in [2.75, 3.05) is 0 Å². The van der Waals surface area contributed by atoms with Crippen LogP contribution in [0.3, 0.4) is 0 Å². The molecule has 1 heterocycles. The minimum atomic E-state index is -0.243. The highest BCUT2D eigenvalue weighted by Crippen LogP contribution is 2.00. The molecular weight excluding hydrogens is 191 g/mol. The third kappa shape index (κ3) is 2.68. The Morgan fingerprint density at radius 1 is 1.27 bits per heavy atom. The Morgan fingerprint density at radius 3 is 2.73 bits per heavy atom. The van der Waals surface area contributed by atoms with Gasteiger partial charge in [-0.1, -0.05) is 11.8 Å². The highest BCUT2D eigenvalue weighted by molar-refractivity contribution is 5.33. The van der Waals surface area contributed by atoms with E-state index >= 15 is 0 Å². The van der Waals surface area contributed by atoms with Crippen LogP contribution in [0.5, 0.6) is 0 Å². The minimum absolute atomic E-state index is 0.243. The van der Waals surface area contributed by atoms with Crippen molar-refractivity contribution < 1.29 is 4.39 Å². The zero-order chi connectivity index (χ0) is 10.5. The molecule has 0 saturated carbocycles. The fourth-order valence-electron chi connectivity index (χ4n) is 1.15. The first kappa shape index (κ1) is 9.47. The van der Waals surface area contributed by atoms with Crippen LogP contribution in [0, 0.1) is 17.7 Å². The molecule has 2 nitrogen and oxygen atoms in total. The molecule has 0 N–H and O–H groups in total. The molecule has 2 aromatic rings. The fraction of sp³-hybridized carbons (Fsp3) is 0.0833. The van der Waals surface area contributed by atoms with E-state index in [4.69, 9.17) is 0 Å². The van der Waals surface area contributed by atoms with Gasteiger partial charge in [-0.05, 0) is 30.3 Å². The number of benzene rings is 1. The summed E-state index contributed by atoms with van der Waals surface area (Å²) in [6.07, 6.45) is 3.55. The largest absolute Gasteiger partial charge is 0.261 e. The van der Waals surface area contributed by atoms with E-state index in [1.165, 1.54) is 12.1 Å². The van der Waals surface area contributed by atoms with Crippen LogP contribution in [-0.2, 0) is 6.54 Å². The topological polar surface area (TPSA) is 17.8 Å². The molecule has 0 amide bonds. The van der Waals surface area contributed by atoms with Gasteiger partial charge in [0.05, 0.1) is 0 Å². The number of halogens is 1. The van der Waals surface area contributed by atoms with Crippen LogP contribution in [0.2, 0.25) is 0 Å². The number of rotatable bonds is 1. The standard InChI is InChI=1S/C12H9FN2/c13-12-6-4-11(5-7-12)3-1-9-15-10-2-8-14-15/h2,4-8,10H,9H2. The first-order valence-corrected chi connectivity index (χ1v) is 4.56. The molecule has 0 aliphatic heterocycles. The molecule has 2 rings (SSSR count). The molecule has 74 valence electrons. The Morgan fingerprint density at radius 2 is 2.07 bits per heavy atom. The SMILES string of the molecule is Fc1ccc(C#CCn2cccn2)cc1. The maximum Gasteiger partial charge on any atom is 0.123 e. The Hall–Kier alpha value is -2.08. The molecule has 0 aliphatic carbocycles. The number of hydrogen-bond acceptors (Lipinski definition) is 1. The molecule has 15 heavy (non-hydrogen) atoms. The summed E-state index contributed by atoms with van der Waals surface area (Å²) in [7, 11) is 0. The van der Waals surface area contributed by atoms with E-state index < -0.39 is 0 Å². The molecule has 0 radical (unpaired) electrons. The van der Waals surface area contributed by atoms with Crippen LogP contribution < -0.4 is 0 Å². The third-order valence-electron chi connectivity index (χ3n) is 1.88. The summed E-state index contributed by atoms with van der Waals surface area (Å²) >= 11 is 0. The summed E-state index contributed by atoms with van der Waals surface area (Å²) in [5.41, 5.74) is 0.809. The minimum Gasteiger partial charge on any atom is -0.261 e. The molecule has 3 heteroatoms. The molecule has 0 atom stereocenters. The van der Waals surface area contributed by atoms with Crippen molar-refractivity contribution >= 4 is 0 Å². The van der Waals surface area contributed by atoms with Crippen molar-refractivity contribution in [3.63, 3.8) is 0 Å². The van der Waals surface area contributed by atoms with Gasteiger partial charge in [0.25, 0.3) is 0 Å². The molecular formula is C12H9FN2. The molecule has 0 bridgehead atoms. The second-order valence-electron chi connectivity index (χ2n) is 3.01. The molecule has 0 saturated heterocycles. The summed E-state index contributed by atoms with van der Waals surface area (Å²) in [6.45, 7) is 0.546. The van der Waals surface area contributed by atoms with Gasteiger partial charge in [-0.25, -0.2) is 4.39 Å². The normalized spacial score (nSPS) is 9.40. The van der Waals surface area contributed by atoms with Crippen molar-refractivity contribution in [2.45, 2.75) is 6.54 Å². The number of nitrogens with zero attached hydrogens (tertiary/aromatic N) is 2. The van der Waals surface area contributed by atoms with E-state index in [1.807, 2.05) is 12.3 Å². The highest BCUT2D eigenvalue weighted by Gasteiger charge is 1.88. The van der Waals surface area contributed by atoms with Gasteiger partial charge in [-0.15, -0.1) is 0 Å². The van der Waals surface area contributed by atoms with Gasteiger partial charge in [-0.3, -0.25) is 4.68 Å². The van der Waals surface area contributed by atoms with Crippen molar-refractivity contribution in [3.05, 3.63) is 54.1 Å². The van der Waals surface area contributed by atoms with E-state index in [0.717, 1.165) is 5.56 Å². The summed E-state index contributed by atoms with van der Waals surface area (Å²) in [5, 5.41) is 4.02. The smallest absolute Gasteiger partial charge is 0.123 e. The second kappa shape index (κ2) is 4.43. The van der Waals surface area contributed by atoms with E-state index in [-0.39, 0.29) is 5.82 Å². The van der Waals surface area contributed by atoms with Gasteiger partial charge in [0.15, 0.2) is 0 Å². The van der Waals surface area contributed by atoms with Crippen LogP contribution >= 0.6 is 0 Å². The van der Waals surface area contributed by atoms with Crippen LogP contribution in [-0.4, -0.2) is 9.78 Å². The average molecular weight is 200 g/mol. The fourth-order valence-corrected chi connectivity index (χ4v) is 1.15. The van der Waals surface area contributed by atoms with Crippen LogP contribution in [0.25, 0.3) is 0 Å². The van der Waals surface area contributed by atoms with Crippen LogP contribution in [0.1, 0.15) is 5.56 Å². The van der Waals surface area contributed by atoms with E-state index in [1.54, 1.807) is 23.0 Å². The quantitative estimate of drug-likeness (QED) is 0.644. The van der Waals surface area contributed by atoms with Crippen molar-refractivity contribution in [1.29, 1.82) is 0 Å². The second-order valence-corrected chi connectivity index (χ2v) is 3.01. The summed E-state index contributed by atoms with van der Waals surface area (Å²) < 4.78 is 14.3. The Labute approximate surface area is 87.4 Å². The number of aromatic nitrogens is 2. The van der Waals surface area contributed by atoms with Gasteiger partial charge in [0.2, 0.25) is 0 Å². The third-order valence-corrected chi connectivity index (χ3v) is 1.88. The molecule has 0 unspecified atom stereocenters. The van der Waals surface area contributed by atoms with Crippen molar-refractivity contribution in [2.24, 2.45) is 0 Å².